The number of nitrogens with one attached hydrogen (secondary N) is 2. The van der Waals surface area contributed by atoms with E-state index in [1.54, 1.807) is 4.68 Å². The molecule has 2 aromatic heterocycles. The van der Waals surface area contributed by atoms with Gasteiger partial charge in [-0.2, -0.15) is 10.1 Å². The summed E-state index contributed by atoms with van der Waals surface area (Å²) in [6.07, 6.45) is 4.60. The summed E-state index contributed by atoms with van der Waals surface area (Å²) in [5, 5.41) is 7.74. The van der Waals surface area contributed by atoms with E-state index in [4.69, 9.17) is 0 Å². The second-order valence-corrected chi connectivity index (χ2v) is 9.25. The van der Waals surface area contributed by atoms with Crippen molar-refractivity contribution < 1.29 is 4.79 Å². The molecule has 2 N–H and O–H groups in total. The fourth-order valence-corrected chi connectivity index (χ4v) is 4.10. The van der Waals surface area contributed by atoms with E-state index in [1.807, 2.05) is 31.7 Å². The predicted molar refractivity (Wildman–Crippen MR) is 121 cm³/mol. The maximum Gasteiger partial charge on any atom is 0.263 e. The van der Waals surface area contributed by atoms with Crippen molar-refractivity contribution in [2.24, 2.45) is 5.92 Å². The summed E-state index contributed by atoms with van der Waals surface area (Å²) < 4.78 is 1.72. The molecule has 1 aliphatic heterocycles. The van der Waals surface area contributed by atoms with Crippen molar-refractivity contribution in [2.75, 3.05) is 25.0 Å². The minimum absolute atomic E-state index is 0.0187. The quantitative estimate of drug-likeness (QED) is 0.659. The van der Waals surface area contributed by atoms with E-state index in [-0.39, 0.29) is 29.5 Å². The zero-order chi connectivity index (χ0) is 22.0. The fraction of sp³-hybridized carbons (Fsp3) is 0.478. The largest absolute Gasteiger partial charge is 0.347 e. The number of aromatic nitrogens is 4. The summed E-state index contributed by atoms with van der Waals surface area (Å²) in [6.45, 7) is 7.62. The standard InChI is InChI=1S/C23H30N6O2/c1-23(2,3)29-20-18(14-25-29)21(31)27-22(26-20)24-15-19(30)28-11-9-17(10-12-28)13-16-7-5-4-6-8-16/h4-8,14,17H,9-13,15H2,1-3H3,(H2,24,26,27,31). The minimum Gasteiger partial charge on any atom is -0.347 e. The maximum absolute atomic E-state index is 12.7. The first-order chi connectivity index (χ1) is 14.8. The summed E-state index contributed by atoms with van der Waals surface area (Å²) in [4.78, 5) is 34.2. The van der Waals surface area contributed by atoms with Gasteiger partial charge in [-0.1, -0.05) is 30.3 Å². The third-order valence-corrected chi connectivity index (χ3v) is 5.82. The Morgan fingerprint density at radius 1 is 1.19 bits per heavy atom. The van der Waals surface area contributed by atoms with Crippen LogP contribution >= 0.6 is 0 Å². The molecule has 1 aliphatic rings. The number of hydrogen-bond donors (Lipinski definition) is 2. The molecule has 1 aromatic carbocycles. The van der Waals surface area contributed by atoms with Gasteiger partial charge in [-0.3, -0.25) is 14.6 Å². The topological polar surface area (TPSA) is 95.9 Å². The van der Waals surface area contributed by atoms with Crippen LogP contribution in [0.4, 0.5) is 5.95 Å². The minimum atomic E-state index is -0.306. The smallest absolute Gasteiger partial charge is 0.263 e. The molecule has 1 saturated heterocycles. The molecule has 164 valence electrons. The summed E-state index contributed by atoms with van der Waals surface area (Å²) in [5.41, 5.74) is 1.29. The zero-order valence-electron chi connectivity index (χ0n) is 18.4. The lowest BCUT2D eigenvalue weighted by molar-refractivity contribution is -0.130. The molecule has 8 heteroatoms. The number of amides is 1. The zero-order valence-corrected chi connectivity index (χ0v) is 18.4. The Bertz CT molecular complexity index is 1100. The Balaban J connectivity index is 1.35. The van der Waals surface area contributed by atoms with Gasteiger partial charge in [0.05, 0.1) is 18.3 Å². The number of fused-ring (bicyclic) bond motifs is 1. The first-order valence-corrected chi connectivity index (χ1v) is 10.9. The molecule has 0 atom stereocenters. The van der Waals surface area contributed by atoms with Crippen LogP contribution in [0.1, 0.15) is 39.2 Å². The Labute approximate surface area is 181 Å². The van der Waals surface area contributed by atoms with Crippen molar-refractivity contribution in [1.29, 1.82) is 0 Å². The van der Waals surface area contributed by atoms with E-state index in [0.717, 1.165) is 32.4 Å². The third kappa shape index (κ3) is 4.78. The molecule has 0 radical (unpaired) electrons. The molecule has 0 spiro atoms. The highest BCUT2D eigenvalue weighted by molar-refractivity contribution is 5.81. The molecule has 0 aliphatic carbocycles. The number of aromatic amines is 1. The second kappa shape index (κ2) is 8.53. The molecule has 1 fully saturated rings. The Morgan fingerprint density at radius 3 is 2.58 bits per heavy atom. The van der Waals surface area contributed by atoms with Gasteiger partial charge in [0, 0.05) is 13.1 Å². The number of benzene rings is 1. The third-order valence-electron chi connectivity index (χ3n) is 5.82. The van der Waals surface area contributed by atoms with Crippen LogP contribution in [0, 0.1) is 5.92 Å². The van der Waals surface area contributed by atoms with Gasteiger partial charge in [-0.15, -0.1) is 0 Å². The summed E-state index contributed by atoms with van der Waals surface area (Å²) in [6, 6.07) is 10.5. The molecule has 0 bridgehead atoms. The molecular formula is C23H30N6O2. The molecule has 3 heterocycles. The highest BCUT2D eigenvalue weighted by atomic mass is 16.2. The number of carbonyl (C=O) groups excluding carboxylic acids is 1. The lowest BCUT2D eigenvalue weighted by Gasteiger charge is -2.32. The van der Waals surface area contributed by atoms with Crippen LogP contribution in [-0.4, -0.2) is 50.2 Å². The first kappa shape index (κ1) is 21.1. The lowest BCUT2D eigenvalue weighted by Crippen LogP contribution is -2.41. The molecule has 1 amide bonds. The van der Waals surface area contributed by atoms with Crippen LogP contribution in [0.2, 0.25) is 0 Å². The van der Waals surface area contributed by atoms with Gasteiger partial charge >= 0.3 is 0 Å². The SMILES string of the molecule is CC(C)(C)n1ncc2c(=O)[nH]c(NCC(=O)N3CCC(Cc4ccccc4)CC3)nc21. The molecular weight excluding hydrogens is 392 g/mol. The second-order valence-electron chi connectivity index (χ2n) is 9.25. The summed E-state index contributed by atoms with van der Waals surface area (Å²) >= 11 is 0. The number of likely N-dealkylation sites (tertiary alicyclic amines) is 1. The Morgan fingerprint density at radius 2 is 1.90 bits per heavy atom. The monoisotopic (exact) mass is 422 g/mol. The van der Waals surface area contributed by atoms with E-state index < -0.39 is 0 Å². The van der Waals surface area contributed by atoms with Crippen molar-refractivity contribution in [2.45, 2.75) is 45.6 Å². The van der Waals surface area contributed by atoms with Gasteiger partial charge in [-0.05, 0) is 51.5 Å². The number of rotatable bonds is 5. The Hall–Kier alpha value is -3.16. The molecule has 31 heavy (non-hydrogen) atoms. The van der Waals surface area contributed by atoms with Gasteiger partial charge in [0.15, 0.2) is 5.65 Å². The average molecular weight is 423 g/mol. The number of piperidine rings is 1. The number of H-pyrrole nitrogens is 1. The lowest BCUT2D eigenvalue weighted by atomic mass is 9.90. The molecule has 3 aromatic rings. The van der Waals surface area contributed by atoms with Crippen LogP contribution in [0.25, 0.3) is 11.0 Å². The van der Waals surface area contributed by atoms with Gasteiger partial charge in [0.1, 0.15) is 5.39 Å². The fourth-order valence-electron chi connectivity index (χ4n) is 4.10. The average Bonchev–Trinajstić information content (AvgIpc) is 3.18. The first-order valence-electron chi connectivity index (χ1n) is 10.9. The van der Waals surface area contributed by atoms with E-state index in [0.29, 0.717) is 17.0 Å². The van der Waals surface area contributed by atoms with Gasteiger partial charge in [0.2, 0.25) is 11.9 Å². The molecule has 8 nitrogen and oxygen atoms in total. The number of carbonyl (C=O) groups is 1. The van der Waals surface area contributed by atoms with Gasteiger partial charge in [-0.25, -0.2) is 4.68 Å². The van der Waals surface area contributed by atoms with Crippen LogP contribution < -0.4 is 10.9 Å². The van der Waals surface area contributed by atoms with Crippen molar-refractivity contribution in [3.63, 3.8) is 0 Å². The van der Waals surface area contributed by atoms with Crippen molar-refractivity contribution >= 4 is 22.9 Å². The van der Waals surface area contributed by atoms with Crippen molar-refractivity contribution in [1.82, 2.24) is 24.6 Å². The van der Waals surface area contributed by atoms with E-state index in [9.17, 15) is 9.59 Å². The number of hydrogen-bond acceptors (Lipinski definition) is 5. The van der Waals surface area contributed by atoms with Crippen LogP contribution in [0.15, 0.2) is 41.3 Å². The normalized spacial score (nSPS) is 15.4. The van der Waals surface area contributed by atoms with E-state index in [1.165, 1.54) is 11.8 Å². The predicted octanol–water partition coefficient (Wildman–Crippen LogP) is 2.77. The van der Waals surface area contributed by atoms with E-state index in [2.05, 4.69) is 44.6 Å². The molecule has 0 unspecified atom stereocenters. The van der Waals surface area contributed by atoms with Crippen LogP contribution in [0.5, 0.6) is 0 Å². The van der Waals surface area contributed by atoms with Crippen LogP contribution in [0.3, 0.4) is 0 Å². The summed E-state index contributed by atoms with van der Waals surface area (Å²) in [5.74, 6) is 0.915. The summed E-state index contributed by atoms with van der Waals surface area (Å²) in [7, 11) is 0. The molecule has 0 saturated carbocycles. The number of anilines is 1. The van der Waals surface area contributed by atoms with Crippen molar-refractivity contribution in [3.8, 4) is 0 Å². The highest BCUT2D eigenvalue weighted by Gasteiger charge is 2.23. The highest BCUT2D eigenvalue weighted by Crippen LogP contribution is 2.22. The molecule has 4 rings (SSSR count). The van der Waals surface area contributed by atoms with Crippen LogP contribution in [-0.2, 0) is 16.8 Å². The van der Waals surface area contributed by atoms with E-state index >= 15 is 0 Å². The Kier molecular flexibility index (Phi) is 5.80. The van der Waals surface area contributed by atoms with Gasteiger partial charge in [0.25, 0.3) is 5.56 Å². The maximum atomic E-state index is 12.7. The van der Waals surface area contributed by atoms with Crippen molar-refractivity contribution in [3.05, 3.63) is 52.4 Å². The number of nitrogens with zero attached hydrogens (tertiary/aromatic N) is 4. The van der Waals surface area contributed by atoms with Gasteiger partial charge < -0.3 is 10.2 Å².